The van der Waals surface area contributed by atoms with Crippen molar-refractivity contribution in [1.82, 2.24) is 10.2 Å². The molecule has 0 aliphatic carbocycles. The number of hydrogen-bond donors (Lipinski definition) is 1. The van der Waals surface area contributed by atoms with Crippen LogP contribution in [0.5, 0.6) is 0 Å². The second kappa shape index (κ2) is 4.99. The van der Waals surface area contributed by atoms with E-state index in [0.717, 1.165) is 30.4 Å². The van der Waals surface area contributed by atoms with E-state index in [9.17, 15) is 4.79 Å². The van der Waals surface area contributed by atoms with E-state index in [4.69, 9.17) is 0 Å². The van der Waals surface area contributed by atoms with Gasteiger partial charge in [-0.2, -0.15) is 0 Å². The molecule has 0 unspecified atom stereocenters. The van der Waals surface area contributed by atoms with Crippen LogP contribution in [0, 0.1) is 0 Å². The van der Waals surface area contributed by atoms with Crippen molar-refractivity contribution in [2.45, 2.75) is 19.4 Å². The molecule has 0 saturated carbocycles. The van der Waals surface area contributed by atoms with Crippen LogP contribution in [-0.2, 0) is 6.54 Å². The third-order valence-corrected chi connectivity index (χ3v) is 4.13. The first-order valence-electron chi connectivity index (χ1n) is 5.01. The van der Waals surface area contributed by atoms with E-state index in [1.54, 1.807) is 11.3 Å². The summed E-state index contributed by atoms with van der Waals surface area (Å²) in [6, 6.07) is 2.10. The molecule has 1 fully saturated rings. The monoisotopic (exact) mass is 288 g/mol. The number of nitrogens with zero attached hydrogens (tertiary/aromatic N) is 1. The fourth-order valence-electron chi connectivity index (χ4n) is 1.64. The minimum Gasteiger partial charge on any atom is -0.333 e. The first kappa shape index (κ1) is 11.0. The predicted octanol–water partition coefficient (Wildman–Crippen LogP) is 2.82. The van der Waals surface area contributed by atoms with Crippen molar-refractivity contribution < 1.29 is 4.79 Å². The molecular formula is C10H13BrN2OS. The topological polar surface area (TPSA) is 32.3 Å². The molecule has 2 heterocycles. The molecule has 0 radical (unpaired) electrons. The summed E-state index contributed by atoms with van der Waals surface area (Å²) in [6.45, 7) is 2.44. The lowest BCUT2D eigenvalue weighted by Gasteiger charge is -2.15. The Balaban J connectivity index is 1.80. The summed E-state index contributed by atoms with van der Waals surface area (Å²) in [5.74, 6) is 0. The summed E-state index contributed by atoms with van der Waals surface area (Å²) in [6.07, 6.45) is 2.27. The molecule has 1 N–H and O–H groups in total. The summed E-state index contributed by atoms with van der Waals surface area (Å²) in [5.41, 5.74) is 0. The van der Waals surface area contributed by atoms with Gasteiger partial charge in [0.2, 0.25) is 0 Å². The Bertz CT molecular complexity index is 347. The maximum atomic E-state index is 11.6. The first-order chi connectivity index (χ1) is 7.25. The number of carbonyl (C=O) groups excluding carboxylic acids is 1. The summed E-state index contributed by atoms with van der Waals surface area (Å²) in [5, 5.41) is 4.96. The zero-order chi connectivity index (χ0) is 10.7. The van der Waals surface area contributed by atoms with Gasteiger partial charge in [0.1, 0.15) is 0 Å². The lowest BCUT2D eigenvalue weighted by atomic mass is 10.4. The standard InChI is InChI=1S/C10H13BrN2OS/c11-8-5-9(15-7-8)6-12-10(14)13-3-1-2-4-13/h5,7H,1-4,6H2,(H,12,14). The quantitative estimate of drug-likeness (QED) is 0.892. The summed E-state index contributed by atoms with van der Waals surface area (Å²) >= 11 is 5.05. The van der Waals surface area contributed by atoms with Gasteiger partial charge in [-0.15, -0.1) is 11.3 Å². The van der Waals surface area contributed by atoms with Crippen LogP contribution in [0.4, 0.5) is 4.79 Å². The van der Waals surface area contributed by atoms with Crippen LogP contribution in [0.2, 0.25) is 0 Å². The van der Waals surface area contributed by atoms with Gasteiger partial charge >= 0.3 is 6.03 Å². The lowest BCUT2D eigenvalue weighted by Crippen LogP contribution is -2.37. The Morgan fingerprint density at radius 1 is 1.53 bits per heavy atom. The third-order valence-electron chi connectivity index (χ3n) is 2.43. The van der Waals surface area contributed by atoms with Crippen LogP contribution < -0.4 is 5.32 Å². The molecule has 1 aromatic heterocycles. The number of thiophene rings is 1. The van der Waals surface area contributed by atoms with E-state index in [-0.39, 0.29) is 6.03 Å². The smallest absolute Gasteiger partial charge is 0.317 e. The average molecular weight is 289 g/mol. The van der Waals surface area contributed by atoms with E-state index in [0.29, 0.717) is 6.54 Å². The van der Waals surface area contributed by atoms with Gasteiger partial charge in [0.15, 0.2) is 0 Å². The Morgan fingerprint density at radius 2 is 2.27 bits per heavy atom. The van der Waals surface area contributed by atoms with E-state index in [1.165, 1.54) is 4.88 Å². The third kappa shape index (κ3) is 2.95. The van der Waals surface area contributed by atoms with Gasteiger partial charge in [-0.3, -0.25) is 0 Å². The Labute approximate surface area is 102 Å². The zero-order valence-electron chi connectivity index (χ0n) is 8.33. The number of nitrogens with one attached hydrogen (secondary N) is 1. The molecule has 0 atom stereocenters. The van der Waals surface area contributed by atoms with Crippen molar-refractivity contribution in [3.8, 4) is 0 Å². The molecule has 1 aliphatic heterocycles. The van der Waals surface area contributed by atoms with E-state index in [2.05, 4.69) is 21.2 Å². The molecule has 3 nitrogen and oxygen atoms in total. The van der Waals surface area contributed by atoms with Crippen molar-refractivity contribution in [3.05, 3.63) is 20.8 Å². The highest BCUT2D eigenvalue weighted by atomic mass is 79.9. The molecule has 5 heteroatoms. The van der Waals surface area contributed by atoms with E-state index in [1.807, 2.05) is 16.3 Å². The minimum absolute atomic E-state index is 0.0667. The molecule has 0 spiro atoms. The van der Waals surface area contributed by atoms with Crippen molar-refractivity contribution in [3.63, 3.8) is 0 Å². The number of likely N-dealkylation sites (tertiary alicyclic amines) is 1. The average Bonchev–Trinajstić information content (AvgIpc) is 2.84. The maximum Gasteiger partial charge on any atom is 0.317 e. The highest BCUT2D eigenvalue weighted by Crippen LogP contribution is 2.19. The predicted molar refractivity (Wildman–Crippen MR) is 65.1 cm³/mol. The van der Waals surface area contributed by atoms with Crippen molar-refractivity contribution in [1.29, 1.82) is 0 Å². The highest BCUT2D eigenvalue weighted by Gasteiger charge is 2.17. The molecule has 1 aliphatic rings. The molecular weight excluding hydrogens is 276 g/mol. The normalized spacial score (nSPS) is 15.7. The Hall–Kier alpha value is -0.550. The van der Waals surface area contributed by atoms with Crippen molar-refractivity contribution >= 4 is 33.3 Å². The molecule has 1 saturated heterocycles. The van der Waals surface area contributed by atoms with Crippen molar-refractivity contribution in [2.75, 3.05) is 13.1 Å². The van der Waals surface area contributed by atoms with Gasteiger partial charge < -0.3 is 10.2 Å². The number of urea groups is 1. The summed E-state index contributed by atoms with van der Waals surface area (Å²) in [7, 11) is 0. The fraction of sp³-hybridized carbons (Fsp3) is 0.500. The summed E-state index contributed by atoms with van der Waals surface area (Å²) in [4.78, 5) is 14.7. The van der Waals surface area contributed by atoms with Crippen molar-refractivity contribution in [2.24, 2.45) is 0 Å². The molecule has 82 valence electrons. The second-order valence-corrected chi connectivity index (χ2v) is 5.50. The van der Waals surface area contributed by atoms with Crippen LogP contribution >= 0.6 is 27.3 Å². The molecule has 0 bridgehead atoms. The van der Waals surface area contributed by atoms with Gasteiger partial charge in [-0.05, 0) is 34.8 Å². The molecule has 15 heavy (non-hydrogen) atoms. The Kier molecular flexibility index (Phi) is 3.64. The maximum absolute atomic E-state index is 11.6. The fourth-order valence-corrected chi connectivity index (χ4v) is 3.03. The van der Waals surface area contributed by atoms with Crippen LogP contribution in [-0.4, -0.2) is 24.0 Å². The van der Waals surface area contributed by atoms with Gasteiger partial charge in [0.25, 0.3) is 0 Å². The van der Waals surface area contributed by atoms with Gasteiger partial charge in [-0.25, -0.2) is 4.79 Å². The largest absolute Gasteiger partial charge is 0.333 e. The van der Waals surface area contributed by atoms with Crippen LogP contribution in [0.15, 0.2) is 15.9 Å². The number of amides is 2. The first-order valence-corrected chi connectivity index (χ1v) is 6.68. The molecule has 2 amide bonds. The van der Waals surface area contributed by atoms with Crippen LogP contribution in [0.1, 0.15) is 17.7 Å². The van der Waals surface area contributed by atoms with Gasteiger partial charge in [-0.1, -0.05) is 0 Å². The van der Waals surface area contributed by atoms with E-state index < -0.39 is 0 Å². The molecule has 0 aromatic carbocycles. The lowest BCUT2D eigenvalue weighted by molar-refractivity contribution is 0.208. The van der Waals surface area contributed by atoms with Crippen LogP contribution in [0.3, 0.4) is 0 Å². The molecule has 1 aromatic rings. The number of rotatable bonds is 2. The zero-order valence-corrected chi connectivity index (χ0v) is 10.7. The Morgan fingerprint density at radius 3 is 2.87 bits per heavy atom. The van der Waals surface area contributed by atoms with E-state index >= 15 is 0 Å². The number of carbonyl (C=O) groups is 1. The van der Waals surface area contributed by atoms with Gasteiger partial charge in [0.05, 0.1) is 6.54 Å². The highest BCUT2D eigenvalue weighted by molar-refractivity contribution is 9.10. The number of hydrogen-bond acceptors (Lipinski definition) is 2. The number of halogens is 1. The summed E-state index contributed by atoms with van der Waals surface area (Å²) < 4.78 is 1.08. The van der Waals surface area contributed by atoms with Gasteiger partial charge in [0, 0.05) is 27.8 Å². The van der Waals surface area contributed by atoms with Crippen LogP contribution in [0.25, 0.3) is 0 Å². The SMILES string of the molecule is O=C(NCc1cc(Br)cs1)N1CCCC1. The minimum atomic E-state index is 0.0667. The second-order valence-electron chi connectivity index (χ2n) is 3.58. The molecule has 2 rings (SSSR count).